The zero-order valence-electron chi connectivity index (χ0n) is 11.6. The average Bonchev–Trinajstić information content (AvgIpc) is 3.11. The molecule has 2 aromatic rings. The van der Waals surface area contributed by atoms with Crippen molar-refractivity contribution in [2.24, 2.45) is 5.92 Å². The third-order valence-electron chi connectivity index (χ3n) is 4.83. The van der Waals surface area contributed by atoms with Gasteiger partial charge in [-0.3, -0.25) is 4.98 Å². The van der Waals surface area contributed by atoms with Crippen molar-refractivity contribution in [3.63, 3.8) is 0 Å². The molecule has 0 amide bonds. The molecular weight excluding hydrogens is 244 g/mol. The Labute approximate surface area is 120 Å². The Morgan fingerprint density at radius 2 is 1.95 bits per heavy atom. The van der Waals surface area contributed by atoms with Gasteiger partial charge in [-0.2, -0.15) is 0 Å². The van der Waals surface area contributed by atoms with Gasteiger partial charge in [-0.15, -0.1) is 0 Å². The van der Waals surface area contributed by atoms with Gasteiger partial charge < -0.3 is 5.32 Å². The number of nitrogens with one attached hydrogen (secondary N) is 1. The van der Waals surface area contributed by atoms with Crippen molar-refractivity contribution in [3.05, 3.63) is 54.4 Å². The van der Waals surface area contributed by atoms with Crippen molar-refractivity contribution in [1.82, 2.24) is 10.3 Å². The molecule has 2 aliphatic rings. The second-order valence-corrected chi connectivity index (χ2v) is 6.20. The van der Waals surface area contributed by atoms with E-state index in [2.05, 4.69) is 46.7 Å². The summed E-state index contributed by atoms with van der Waals surface area (Å²) in [6, 6.07) is 14.4. The van der Waals surface area contributed by atoms with Crippen LogP contribution >= 0.6 is 0 Å². The van der Waals surface area contributed by atoms with Gasteiger partial charge in [-0.25, -0.2) is 0 Å². The van der Waals surface area contributed by atoms with Crippen LogP contribution in [0.5, 0.6) is 0 Å². The quantitative estimate of drug-likeness (QED) is 0.918. The molecule has 0 spiro atoms. The molecule has 3 atom stereocenters. The molecule has 1 N–H and O–H groups in total. The summed E-state index contributed by atoms with van der Waals surface area (Å²) >= 11 is 0. The first-order valence-corrected chi connectivity index (χ1v) is 7.64. The van der Waals surface area contributed by atoms with Crippen molar-refractivity contribution in [2.75, 3.05) is 0 Å². The van der Waals surface area contributed by atoms with Gasteiger partial charge >= 0.3 is 0 Å². The van der Waals surface area contributed by atoms with Crippen LogP contribution in [0.4, 0.5) is 0 Å². The standard InChI is InChI=1S/C18H20N2/c1-2-4-14(5-3-1)16-9-13(11-19-12-16)8-15-10-17-6-7-18(15)20-17/h1-5,9,11-12,15,17-18,20H,6-8,10H2. The predicted molar refractivity (Wildman–Crippen MR) is 81.4 cm³/mol. The van der Waals surface area contributed by atoms with E-state index in [0.29, 0.717) is 0 Å². The van der Waals surface area contributed by atoms with Crippen LogP contribution in [0, 0.1) is 5.92 Å². The van der Waals surface area contributed by atoms with Crippen LogP contribution < -0.4 is 5.32 Å². The van der Waals surface area contributed by atoms with E-state index in [-0.39, 0.29) is 0 Å². The molecule has 0 saturated carbocycles. The molecule has 2 heteroatoms. The van der Waals surface area contributed by atoms with Gasteiger partial charge in [0, 0.05) is 30.0 Å². The molecule has 2 bridgehead atoms. The van der Waals surface area contributed by atoms with E-state index in [4.69, 9.17) is 0 Å². The number of rotatable bonds is 3. The van der Waals surface area contributed by atoms with E-state index < -0.39 is 0 Å². The van der Waals surface area contributed by atoms with Gasteiger partial charge in [-0.1, -0.05) is 30.3 Å². The van der Waals surface area contributed by atoms with Gasteiger partial charge in [0.2, 0.25) is 0 Å². The van der Waals surface area contributed by atoms with E-state index >= 15 is 0 Å². The zero-order chi connectivity index (χ0) is 13.4. The van der Waals surface area contributed by atoms with Gasteiger partial charge in [0.15, 0.2) is 0 Å². The molecule has 1 aromatic heterocycles. The number of pyridine rings is 1. The molecule has 1 aromatic carbocycles. The first kappa shape index (κ1) is 12.1. The number of fused-ring (bicyclic) bond motifs is 2. The molecule has 2 saturated heterocycles. The molecular formula is C18H20N2. The van der Waals surface area contributed by atoms with Crippen molar-refractivity contribution >= 4 is 0 Å². The molecule has 2 aliphatic heterocycles. The molecule has 102 valence electrons. The third kappa shape index (κ3) is 2.25. The van der Waals surface area contributed by atoms with Gasteiger partial charge in [0.05, 0.1) is 0 Å². The van der Waals surface area contributed by atoms with E-state index in [1.54, 1.807) is 0 Å². The summed E-state index contributed by atoms with van der Waals surface area (Å²) in [5, 5.41) is 3.72. The second-order valence-electron chi connectivity index (χ2n) is 6.20. The smallest absolute Gasteiger partial charge is 0.0346 e. The van der Waals surface area contributed by atoms with Crippen molar-refractivity contribution in [3.8, 4) is 11.1 Å². The van der Waals surface area contributed by atoms with Gasteiger partial charge in [0.1, 0.15) is 0 Å². The number of hydrogen-bond donors (Lipinski definition) is 1. The maximum absolute atomic E-state index is 4.44. The fourth-order valence-corrected chi connectivity index (χ4v) is 3.85. The molecule has 2 fully saturated rings. The topological polar surface area (TPSA) is 24.9 Å². The normalized spacial score (nSPS) is 27.9. The lowest BCUT2D eigenvalue weighted by Gasteiger charge is -2.20. The summed E-state index contributed by atoms with van der Waals surface area (Å²) in [6.07, 6.45) is 9.27. The van der Waals surface area contributed by atoms with Crippen LogP contribution in [0.1, 0.15) is 24.8 Å². The molecule has 2 nitrogen and oxygen atoms in total. The lowest BCUT2D eigenvalue weighted by Crippen LogP contribution is -2.24. The SMILES string of the molecule is c1ccc(-c2cncc(CC3CC4CCC3N4)c2)cc1. The van der Waals surface area contributed by atoms with Crippen molar-refractivity contribution < 1.29 is 0 Å². The Morgan fingerprint density at radius 1 is 1.05 bits per heavy atom. The Balaban J connectivity index is 1.54. The highest BCUT2D eigenvalue weighted by molar-refractivity contribution is 5.62. The van der Waals surface area contributed by atoms with Crippen LogP contribution in [0.2, 0.25) is 0 Å². The first-order valence-electron chi connectivity index (χ1n) is 7.64. The Bertz CT molecular complexity index is 593. The molecule has 0 radical (unpaired) electrons. The molecule has 3 unspecified atom stereocenters. The maximum Gasteiger partial charge on any atom is 0.0346 e. The lowest BCUT2D eigenvalue weighted by atomic mass is 9.85. The van der Waals surface area contributed by atoms with Crippen molar-refractivity contribution in [1.29, 1.82) is 0 Å². The Morgan fingerprint density at radius 3 is 2.70 bits per heavy atom. The number of hydrogen-bond acceptors (Lipinski definition) is 2. The minimum Gasteiger partial charge on any atom is -0.311 e. The van der Waals surface area contributed by atoms with Crippen LogP contribution in [-0.4, -0.2) is 17.1 Å². The van der Waals surface area contributed by atoms with Crippen LogP contribution in [0.25, 0.3) is 11.1 Å². The minimum atomic E-state index is 0.750. The average molecular weight is 264 g/mol. The first-order chi connectivity index (χ1) is 9.88. The fraction of sp³-hybridized carbons (Fsp3) is 0.389. The van der Waals surface area contributed by atoms with E-state index in [1.165, 1.54) is 42.4 Å². The predicted octanol–water partition coefficient (Wildman–Crippen LogP) is 3.43. The minimum absolute atomic E-state index is 0.750. The number of benzene rings is 1. The van der Waals surface area contributed by atoms with E-state index in [0.717, 1.165) is 18.0 Å². The summed E-state index contributed by atoms with van der Waals surface area (Å²) in [6.45, 7) is 0. The highest BCUT2D eigenvalue weighted by Gasteiger charge is 2.38. The number of nitrogens with zero attached hydrogens (tertiary/aromatic N) is 1. The summed E-state index contributed by atoms with van der Waals surface area (Å²) < 4.78 is 0. The van der Waals surface area contributed by atoms with Crippen LogP contribution in [-0.2, 0) is 6.42 Å². The maximum atomic E-state index is 4.44. The Kier molecular flexibility index (Phi) is 3.04. The highest BCUT2D eigenvalue weighted by Crippen LogP contribution is 2.35. The van der Waals surface area contributed by atoms with E-state index in [1.807, 2.05) is 12.4 Å². The molecule has 20 heavy (non-hydrogen) atoms. The van der Waals surface area contributed by atoms with Gasteiger partial charge in [0.25, 0.3) is 0 Å². The van der Waals surface area contributed by atoms with E-state index in [9.17, 15) is 0 Å². The summed E-state index contributed by atoms with van der Waals surface area (Å²) in [5.41, 5.74) is 3.87. The fourth-order valence-electron chi connectivity index (χ4n) is 3.85. The number of aromatic nitrogens is 1. The van der Waals surface area contributed by atoms with Crippen LogP contribution in [0.3, 0.4) is 0 Å². The third-order valence-corrected chi connectivity index (χ3v) is 4.83. The lowest BCUT2D eigenvalue weighted by molar-refractivity contribution is 0.404. The zero-order valence-corrected chi connectivity index (χ0v) is 11.6. The summed E-state index contributed by atoms with van der Waals surface area (Å²) in [7, 11) is 0. The highest BCUT2D eigenvalue weighted by atomic mass is 15.0. The van der Waals surface area contributed by atoms with Gasteiger partial charge in [-0.05, 0) is 48.8 Å². The second kappa shape index (κ2) is 5.02. The van der Waals surface area contributed by atoms with Crippen molar-refractivity contribution in [2.45, 2.75) is 37.8 Å². The molecule has 3 heterocycles. The summed E-state index contributed by atoms with van der Waals surface area (Å²) in [5.74, 6) is 0.807. The molecule has 4 rings (SSSR count). The molecule has 0 aliphatic carbocycles. The largest absolute Gasteiger partial charge is 0.311 e. The summed E-state index contributed by atoms with van der Waals surface area (Å²) in [4.78, 5) is 4.44. The van der Waals surface area contributed by atoms with Crippen LogP contribution in [0.15, 0.2) is 48.8 Å². The Hall–Kier alpha value is -1.67. The monoisotopic (exact) mass is 264 g/mol.